The normalized spacial score (nSPS) is 15.8. The molecule has 0 fully saturated rings. The summed E-state index contributed by atoms with van der Waals surface area (Å²) in [4.78, 5) is 35.9. The predicted molar refractivity (Wildman–Crippen MR) is 123 cm³/mol. The Labute approximate surface area is 201 Å². The number of carbonyl (C=O) groups excluding carboxylic acids is 2. The first-order chi connectivity index (χ1) is 16.3. The molecule has 1 aliphatic rings. The average molecular weight is 483 g/mol. The number of H-pyrrole nitrogens is 1. The summed E-state index contributed by atoms with van der Waals surface area (Å²) in [5.74, 6) is -0.975. The summed E-state index contributed by atoms with van der Waals surface area (Å²) in [7, 11) is 3.04. The third-order valence-electron chi connectivity index (χ3n) is 5.79. The number of nitrogens with zero attached hydrogens (tertiary/aromatic N) is 3. The number of hydrogen-bond acceptors (Lipinski definition) is 7. The molecule has 178 valence electrons. The van der Waals surface area contributed by atoms with Gasteiger partial charge in [0, 0.05) is 24.1 Å². The number of ether oxygens (including phenoxy) is 2. The Morgan fingerprint density at radius 1 is 1.29 bits per heavy atom. The highest BCUT2D eigenvalue weighted by atomic mass is 32.1. The molecular weight excluding hydrogens is 456 g/mol. The van der Waals surface area contributed by atoms with E-state index in [-0.39, 0.29) is 12.1 Å². The summed E-state index contributed by atoms with van der Waals surface area (Å²) in [5.41, 5.74) is 0.981. The number of ketones is 1. The Hall–Kier alpha value is -3.66. The van der Waals surface area contributed by atoms with Gasteiger partial charge in [-0.05, 0) is 37.8 Å². The van der Waals surface area contributed by atoms with Crippen LogP contribution < -0.4 is 19.1 Å². The molecule has 34 heavy (non-hydrogen) atoms. The number of aromatic nitrogens is 3. The van der Waals surface area contributed by atoms with Crippen molar-refractivity contribution in [3.63, 3.8) is 0 Å². The number of aryl methyl sites for hydroxylation is 3. The van der Waals surface area contributed by atoms with Gasteiger partial charge in [0.2, 0.25) is 18.0 Å². The minimum Gasteiger partial charge on any atom is -0.868 e. The number of aromatic amines is 1. The van der Waals surface area contributed by atoms with Crippen LogP contribution in [0.15, 0.2) is 48.3 Å². The number of thiazole rings is 1. The molecule has 9 nitrogen and oxygen atoms in total. The third kappa shape index (κ3) is 4.28. The smallest absolute Gasteiger partial charge is 0.241 e. The summed E-state index contributed by atoms with van der Waals surface area (Å²) in [6.07, 6.45) is 6.09. The van der Waals surface area contributed by atoms with Gasteiger partial charge in [0.1, 0.15) is 23.9 Å². The SMILES string of the molecule is COc1ccc(OC)c(C2C(C(=O)c3sc(C)nc3C)=C([O-])C(=O)N2CCC[n+]2cc[nH]c2)c1. The van der Waals surface area contributed by atoms with E-state index in [9.17, 15) is 14.7 Å². The Kier molecular flexibility index (Phi) is 6.69. The molecule has 0 saturated carbocycles. The molecule has 0 radical (unpaired) electrons. The summed E-state index contributed by atoms with van der Waals surface area (Å²) >= 11 is 1.22. The van der Waals surface area contributed by atoms with Gasteiger partial charge in [-0.3, -0.25) is 14.6 Å². The van der Waals surface area contributed by atoms with Crippen molar-refractivity contribution in [1.82, 2.24) is 14.9 Å². The Morgan fingerprint density at radius 2 is 2.09 bits per heavy atom. The molecule has 4 rings (SSSR count). The van der Waals surface area contributed by atoms with Gasteiger partial charge in [-0.25, -0.2) is 9.55 Å². The Balaban J connectivity index is 1.78. The van der Waals surface area contributed by atoms with Crippen molar-refractivity contribution < 1.29 is 28.7 Å². The molecular formula is C24H26N4O5S. The highest BCUT2D eigenvalue weighted by Crippen LogP contribution is 2.43. The maximum Gasteiger partial charge on any atom is 0.241 e. The molecule has 0 aliphatic carbocycles. The highest BCUT2D eigenvalue weighted by Gasteiger charge is 2.41. The van der Waals surface area contributed by atoms with E-state index in [4.69, 9.17) is 9.47 Å². The van der Waals surface area contributed by atoms with Crippen LogP contribution >= 0.6 is 11.3 Å². The summed E-state index contributed by atoms with van der Waals surface area (Å²) in [5, 5.41) is 13.9. The van der Waals surface area contributed by atoms with E-state index in [2.05, 4.69) is 9.97 Å². The molecule has 1 unspecified atom stereocenters. The molecule has 0 bridgehead atoms. The second-order valence-electron chi connectivity index (χ2n) is 7.93. The Bertz CT molecular complexity index is 1250. The molecule has 1 aliphatic heterocycles. The van der Waals surface area contributed by atoms with Crippen LogP contribution in [0.3, 0.4) is 0 Å². The largest absolute Gasteiger partial charge is 0.868 e. The average Bonchev–Trinajstić information content (AvgIpc) is 3.53. The lowest BCUT2D eigenvalue weighted by molar-refractivity contribution is -0.695. The highest BCUT2D eigenvalue weighted by molar-refractivity contribution is 7.14. The lowest BCUT2D eigenvalue weighted by Crippen LogP contribution is -2.37. The molecule has 1 atom stereocenters. The molecule has 0 saturated heterocycles. The van der Waals surface area contributed by atoms with E-state index >= 15 is 0 Å². The molecule has 1 N–H and O–H groups in total. The summed E-state index contributed by atoms with van der Waals surface area (Å²) in [6, 6.07) is 4.25. The third-order valence-corrected chi connectivity index (χ3v) is 6.86. The molecule has 10 heteroatoms. The maximum absolute atomic E-state index is 13.6. The van der Waals surface area contributed by atoms with Gasteiger partial charge in [0.25, 0.3) is 0 Å². The van der Waals surface area contributed by atoms with Crippen LogP contribution in [0.5, 0.6) is 11.5 Å². The van der Waals surface area contributed by atoms with Gasteiger partial charge in [-0.2, -0.15) is 0 Å². The zero-order valence-corrected chi connectivity index (χ0v) is 20.3. The van der Waals surface area contributed by atoms with Crippen molar-refractivity contribution in [3.05, 3.63) is 69.4 Å². The van der Waals surface area contributed by atoms with Crippen molar-refractivity contribution in [3.8, 4) is 11.5 Å². The predicted octanol–water partition coefficient (Wildman–Crippen LogP) is 1.86. The minimum absolute atomic E-state index is 0.0856. The van der Waals surface area contributed by atoms with Crippen LogP contribution in [0.4, 0.5) is 0 Å². The van der Waals surface area contributed by atoms with Crippen LogP contribution in [-0.4, -0.2) is 47.3 Å². The summed E-state index contributed by atoms with van der Waals surface area (Å²) < 4.78 is 12.9. The second kappa shape index (κ2) is 9.68. The molecule has 1 amide bonds. The fourth-order valence-corrected chi connectivity index (χ4v) is 5.10. The zero-order valence-electron chi connectivity index (χ0n) is 19.5. The fourth-order valence-electron chi connectivity index (χ4n) is 4.22. The first-order valence-electron chi connectivity index (χ1n) is 10.8. The standard InChI is InChI=1S/C24H26N4O5S/c1-14-23(34-15(2)26-14)21(29)19-20(17-12-16(32-3)6-7-18(17)33-4)28(24(31)22(19)30)10-5-9-27-11-8-25-13-27/h6-8,11-13,20H,5,9-10H2,1-4H3,(H,29,30). The number of methoxy groups -OCH3 is 2. The Morgan fingerprint density at radius 3 is 2.71 bits per heavy atom. The van der Waals surface area contributed by atoms with Crippen molar-refractivity contribution in [1.29, 1.82) is 0 Å². The maximum atomic E-state index is 13.6. The number of imidazole rings is 1. The second-order valence-corrected chi connectivity index (χ2v) is 9.13. The monoisotopic (exact) mass is 482 g/mol. The number of rotatable bonds is 9. The molecule has 3 heterocycles. The number of nitrogens with one attached hydrogen (secondary N) is 1. The van der Waals surface area contributed by atoms with E-state index in [0.29, 0.717) is 45.6 Å². The van der Waals surface area contributed by atoms with E-state index in [1.807, 2.05) is 17.1 Å². The van der Waals surface area contributed by atoms with Crippen LogP contribution in [0, 0.1) is 13.8 Å². The number of benzene rings is 1. The van der Waals surface area contributed by atoms with Crippen LogP contribution in [0.1, 0.15) is 38.4 Å². The quantitative estimate of drug-likeness (QED) is 0.368. The van der Waals surface area contributed by atoms with Gasteiger partial charge >= 0.3 is 0 Å². The van der Waals surface area contributed by atoms with E-state index in [0.717, 1.165) is 0 Å². The van der Waals surface area contributed by atoms with Gasteiger partial charge < -0.3 is 19.5 Å². The van der Waals surface area contributed by atoms with Crippen molar-refractivity contribution in [2.24, 2.45) is 0 Å². The van der Waals surface area contributed by atoms with Crippen LogP contribution in [0.2, 0.25) is 0 Å². The van der Waals surface area contributed by atoms with E-state index in [1.165, 1.54) is 30.5 Å². The molecule has 1 aromatic carbocycles. The van der Waals surface area contributed by atoms with Gasteiger partial charge in [0.15, 0.2) is 0 Å². The number of Topliss-reactive ketones (excluding diaryl/α,β-unsaturated/α-hetero) is 1. The lowest BCUT2D eigenvalue weighted by Gasteiger charge is -2.29. The van der Waals surface area contributed by atoms with E-state index < -0.39 is 23.5 Å². The fraction of sp³-hybridized carbons (Fsp3) is 0.333. The van der Waals surface area contributed by atoms with Crippen molar-refractivity contribution in [2.45, 2.75) is 32.9 Å². The summed E-state index contributed by atoms with van der Waals surface area (Å²) in [6.45, 7) is 4.45. The number of carbonyl (C=O) groups is 2. The molecule has 0 spiro atoms. The first kappa shape index (κ1) is 23.5. The topological polar surface area (TPSA) is 111 Å². The lowest BCUT2D eigenvalue weighted by atomic mass is 9.94. The molecule has 2 aromatic heterocycles. The van der Waals surface area contributed by atoms with Gasteiger partial charge in [-0.15, -0.1) is 11.3 Å². The van der Waals surface area contributed by atoms with Crippen molar-refractivity contribution in [2.75, 3.05) is 20.8 Å². The van der Waals surface area contributed by atoms with Crippen LogP contribution in [-0.2, 0) is 11.3 Å². The first-order valence-corrected chi connectivity index (χ1v) is 11.6. The van der Waals surface area contributed by atoms with Gasteiger partial charge in [-0.1, -0.05) is 0 Å². The molecule has 3 aromatic rings. The zero-order chi connectivity index (χ0) is 24.4. The number of hydrogen-bond donors (Lipinski definition) is 1. The van der Waals surface area contributed by atoms with Crippen LogP contribution in [0.25, 0.3) is 0 Å². The van der Waals surface area contributed by atoms with Gasteiger partial charge in [0.05, 0.1) is 42.4 Å². The minimum atomic E-state index is -0.893. The number of amides is 1. The van der Waals surface area contributed by atoms with E-state index in [1.54, 1.807) is 38.2 Å². The van der Waals surface area contributed by atoms with Crippen molar-refractivity contribution >= 4 is 23.0 Å².